The lowest BCUT2D eigenvalue weighted by atomic mass is 10.2. The summed E-state index contributed by atoms with van der Waals surface area (Å²) in [5.74, 6) is -0.185. The van der Waals surface area contributed by atoms with Gasteiger partial charge < -0.3 is 10.1 Å². The zero-order valence-corrected chi connectivity index (χ0v) is 16.2. The van der Waals surface area contributed by atoms with Crippen molar-refractivity contribution in [2.75, 3.05) is 51.3 Å². The number of hydrogen-bond donors (Lipinski definition) is 1. The summed E-state index contributed by atoms with van der Waals surface area (Å²) in [6.07, 6.45) is 2.75. The zero-order chi connectivity index (χ0) is 18.6. The summed E-state index contributed by atoms with van der Waals surface area (Å²) in [6.45, 7) is 3.92. The van der Waals surface area contributed by atoms with E-state index in [1.165, 1.54) is 16.4 Å². The van der Waals surface area contributed by atoms with Crippen LogP contribution in [0.15, 0.2) is 23.1 Å². The van der Waals surface area contributed by atoms with Crippen LogP contribution >= 0.6 is 11.6 Å². The van der Waals surface area contributed by atoms with Gasteiger partial charge in [-0.05, 0) is 31.0 Å². The van der Waals surface area contributed by atoms with Crippen LogP contribution in [0.2, 0.25) is 5.02 Å². The smallest absolute Gasteiger partial charge is 0.244 e. The third kappa shape index (κ3) is 4.75. The van der Waals surface area contributed by atoms with E-state index in [4.69, 9.17) is 16.3 Å². The monoisotopic (exact) mass is 401 g/mol. The highest BCUT2D eigenvalue weighted by molar-refractivity contribution is 7.89. The molecule has 0 spiro atoms. The highest BCUT2D eigenvalue weighted by atomic mass is 35.5. The van der Waals surface area contributed by atoms with Gasteiger partial charge in [0.15, 0.2) is 0 Å². The number of ether oxygens (including phenoxy) is 1. The minimum absolute atomic E-state index is 0.0465. The van der Waals surface area contributed by atoms with E-state index in [0.717, 1.165) is 19.3 Å². The van der Waals surface area contributed by atoms with Crippen molar-refractivity contribution in [1.82, 2.24) is 9.21 Å². The van der Waals surface area contributed by atoms with Crippen molar-refractivity contribution in [3.8, 4) is 0 Å². The number of carbonyl (C=O) groups excluding carboxylic acids is 1. The molecule has 144 valence electrons. The summed E-state index contributed by atoms with van der Waals surface area (Å²) in [7, 11) is -3.66. The van der Waals surface area contributed by atoms with E-state index >= 15 is 0 Å². The highest BCUT2D eigenvalue weighted by Crippen LogP contribution is 2.29. The lowest BCUT2D eigenvalue weighted by molar-refractivity contribution is -0.118. The number of nitrogens with one attached hydrogen (secondary N) is 1. The van der Waals surface area contributed by atoms with Crippen molar-refractivity contribution in [2.24, 2.45) is 0 Å². The van der Waals surface area contributed by atoms with Crippen molar-refractivity contribution < 1.29 is 17.9 Å². The van der Waals surface area contributed by atoms with E-state index in [9.17, 15) is 13.2 Å². The van der Waals surface area contributed by atoms with Gasteiger partial charge in [-0.15, -0.1) is 0 Å². The van der Waals surface area contributed by atoms with E-state index in [2.05, 4.69) is 5.32 Å². The second-order valence-corrected chi connectivity index (χ2v) is 8.86. The van der Waals surface area contributed by atoms with Crippen LogP contribution in [-0.4, -0.2) is 69.5 Å². The Balaban J connectivity index is 1.71. The summed E-state index contributed by atoms with van der Waals surface area (Å²) in [4.78, 5) is 14.3. The number of hydrogen-bond acceptors (Lipinski definition) is 5. The van der Waals surface area contributed by atoms with E-state index < -0.39 is 10.0 Å². The SMILES string of the molecule is O=C(CN1CCOCC1)Nc1ccc(Cl)c(S(=O)(=O)N2CCCCC2)c1. The van der Waals surface area contributed by atoms with E-state index in [1.807, 2.05) is 4.90 Å². The lowest BCUT2D eigenvalue weighted by Crippen LogP contribution is -2.41. The van der Waals surface area contributed by atoms with Crippen LogP contribution in [0.5, 0.6) is 0 Å². The average Bonchev–Trinajstić information content (AvgIpc) is 2.64. The molecule has 0 atom stereocenters. The van der Waals surface area contributed by atoms with E-state index in [1.54, 1.807) is 6.07 Å². The Kier molecular flexibility index (Phi) is 6.52. The standard InChI is InChI=1S/C17H24ClN3O4S/c18-15-5-4-14(19-17(22)13-20-8-10-25-11-9-20)12-16(15)26(23,24)21-6-2-1-3-7-21/h4-5,12H,1-3,6-11,13H2,(H,19,22). The third-order valence-corrected chi connectivity index (χ3v) is 7.00. The number of piperidine rings is 1. The second-order valence-electron chi connectivity index (χ2n) is 6.55. The Morgan fingerprint density at radius 3 is 2.50 bits per heavy atom. The maximum Gasteiger partial charge on any atom is 0.244 e. The van der Waals surface area contributed by atoms with Crippen LogP contribution in [0.25, 0.3) is 0 Å². The molecule has 2 saturated heterocycles. The average molecular weight is 402 g/mol. The number of halogens is 1. The molecule has 1 N–H and O–H groups in total. The molecule has 26 heavy (non-hydrogen) atoms. The third-order valence-electron chi connectivity index (χ3n) is 4.62. The Morgan fingerprint density at radius 1 is 1.12 bits per heavy atom. The van der Waals surface area contributed by atoms with E-state index in [-0.39, 0.29) is 22.4 Å². The summed E-state index contributed by atoms with van der Waals surface area (Å²) in [5, 5.41) is 2.94. The van der Waals surface area contributed by atoms with Gasteiger partial charge in [-0.1, -0.05) is 18.0 Å². The second kappa shape index (κ2) is 8.67. The molecule has 2 aliphatic heterocycles. The molecular weight excluding hydrogens is 378 g/mol. The number of amides is 1. The minimum Gasteiger partial charge on any atom is -0.379 e. The molecular formula is C17H24ClN3O4S. The van der Waals surface area contributed by atoms with Gasteiger partial charge in [-0.2, -0.15) is 4.31 Å². The van der Waals surface area contributed by atoms with Gasteiger partial charge in [-0.3, -0.25) is 9.69 Å². The van der Waals surface area contributed by atoms with Crippen molar-refractivity contribution in [1.29, 1.82) is 0 Å². The molecule has 0 saturated carbocycles. The van der Waals surface area contributed by atoms with Gasteiger partial charge >= 0.3 is 0 Å². The number of nitrogens with zero attached hydrogens (tertiary/aromatic N) is 2. The van der Waals surface area contributed by atoms with Gasteiger partial charge in [-0.25, -0.2) is 8.42 Å². The Morgan fingerprint density at radius 2 is 1.81 bits per heavy atom. The summed E-state index contributed by atoms with van der Waals surface area (Å²) < 4.78 is 32.5. The quantitative estimate of drug-likeness (QED) is 0.813. The van der Waals surface area contributed by atoms with Crippen LogP contribution < -0.4 is 5.32 Å². The predicted molar refractivity (Wildman–Crippen MR) is 100.0 cm³/mol. The van der Waals surface area contributed by atoms with Gasteiger partial charge in [0.25, 0.3) is 0 Å². The molecule has 1 amide bonds. The summed E-state index contributed by atoms with van der Waals surface area (Å²) in [5.41, 5.74) is 0.434. The Bertz CT molecular complexity index is 744. The van der Waals surface area contributed by atoms with Crippen LogP contribution in [0.3, 0.4) is 0 Å². The molecule has 1 aromatic carbocycles. The number of morpholine rings is 1. The number of sulfonamides is 1. The van der Waals surface area contributed by atoms with Gasteiger partial charge in [0, 0.05) is 31.9 Å². The normalized spacial score (nSPS) is 20.0. The minimum atomic E-state index is -3.66. The highest BCUT2D eigenvalue weighted by Gasteiger charge is 2.28. The van der Waals surface area contributed by atoms with Gasteiger partial charge in [0.2, 0.25) is 15.9 Å². The Labute approximate surface area is 159 Å². The Hall–Kier alpha value is -1.19. The molecule has 9 heteroatoms. The first-order chi connectivity index (χ1) is 12.5. The molecule has 7 nitrogen and oxygen atoms in total. The van der Waals surface area contributed by atoms with Crippen LogP contribution in [0.1, 0.15) is 19.3 Å². The molecule has 0 unspecified atom stereocenters. The first-order valence-corrected chi connectivity index (χ1v) is 10.7. The molecule has 0 bridgehead atoms. The van der Waals surface area contributed by atoms with Crippen molar-refractivity contribution >= 4 is 33.2 Å². The van der Waals surface area contributed by atoms with Gasteiger partial charge in [0.1, 0.15) is 4.90 Å². The van der Waals surface area contributed by atoms with Crippen molar-refractivity contribution in [3.05, 3.63) is 23.2 Å². The number of carbonyl (C=O) groups is 1. The molecule has 2 heterocycles. The topological polar surface area (TPSA) is 79.0 Å². The number of benzene rings is 1. The van der Waals surface area contributed by atoms with Crippen LogP contribution in [0, 0.1) is 0 Å². The summed E-state index contributed by atoms with van der Waals surface area (Å²) >= 11 is 6.15. The summed E-state index contributed by atoms with van der Waals surface area (Å²) in [6, 6.07) is 4.58. The van der Waals surface area contributed by atoms with E-state index in [0.29, 0.717) is 45.1 Å². The molecule has 0 aliphatic carbocycles. The van der Waals surface area contributed by atoms with Gasteiger partial charge in [0.05, 0.1) is 24.8 Å². The molecule has 3 rings (SSSR count). The molecule has 0 radical (unpaired) electrons. The van der Waals surface area contributed by atoms with Crippen molar-refractivity contribution in [3.63, 3.8) is 0 Å². The predicted octanol–water partition coefficient (Wildman–Crippen LogP) is 1.79. The fourth-order valence-electron chi connectivity index (χ4n) is 3.19. The van der Waals surface area contributed by atoms with Crippen LogP contribution in [0.4, 0.5) is 5.69 Å². The fraction of sp³-hybridized carbons (Fsp3) is 0.588. The van der Waals surface area contributed by atoms with Crippen LogP contribution in [-0.2, 0) is 19.6 Å². The first kappa shape index (κ1) is 19.6. The molecule has 2 fully saturated rings. The maximum absolute atomic E-state index is 12.9. The fourth-order valence-corrected chi connectivity index (χ4v) is 5.20. The first-order valence-electron chi connectivity index (χ1n) is 8.86. The number of anilines is 1. The molecule has 1 aromatic rings. The van der Waals surface area contributed by atoms with Crippen molar-refractivity contribution in [2.45, 2.75) is 24.2 Å². The molecule has 0 aromatic heterocycles. The number of rotatable bonds is 5. The lowest BCUT2D eigenvalue weighted by Gasteiger charge is -2.27. The zero-order valence-electron chi connectivity index (χ0n) is 14.6. The molecule has 2 aliphatic rings. The maximum atomic E-state index is 12.9. The largest absolute Gasteiger partial charge is 0.379 e.